The van der Waals surface area contributed by atoms with Gasteiger partial charge < -0.3 is 15.3 Å². The van der Waals surface area contributed by atoms with Gasteiger partial charge in [0.25, 0.3) is 0 Å². The highest BCUT2D eigenvalue weighted by molar-refractivity contribution is 5.83. The van der Waals surface area contributed by atoms with Crippen LogP contribution in [0.1, 0.15) is 58.8 Å². The fraction of sp³-hybridized carbons (Fsp3) is 0.875. The van der Waals surface area contributed by atoms with Gasteiger partial charge in [0.15, 0.2) is 0 Å². The quantitative estimate of drug-likeness (QED) is 0.838. The molecule has 2 N–H and O–H groups in total. The fourth-order valence-electron chi connectivity index (χ4n) is 3.88. The van der Waals surface area contributed by atoms with E-state index in [4.69, 9.17) is 0 Å². The van der Waals surface area contributed by atoms with Crippen LogP contribution in [0.2, 0.25) is 0 Å². The van der Waals surface area contributed by atoms with Crippen molar-refractivity contribution in [1.82, 2.24) is 10.2 Å². The molecule has 1 heterocycles. The molecule has 120 valence electrons. The summed E-state index contributed by atoms with van der Waals surface area (Å²) in [6, 6.07) is -0.679. The van der Waals surface area contributed by atoms with Crippen LogP contribution in [0.3, 0.4) is 0 Å². The number of hydrogen-bond acceptors (Lipinski definition) is 2. The zero-order valence-corrected chi connectivity index (χ0v) is 13.2. The Morgan fingerprint density at radius 2 is 1.90 bits per heavy atom. The van der Waals surface area contributed by atoms with Crippen molar-refractivity contribution in [2.45, 2.75) is 70.9 Å². The zero-order valence-electron chi connectivity index (χ0n) is 13.2. The summed E-state index contributed by atoms with van der Waals surface area (Å²) in [5.41, 5.74) is 0. The molecule has 2 fully saturated rings. The van der Waals surface area contributed by atoms with Gasteiger partial charge in [-0.1, -0.05) is 33.1 Å². The molecule has 1 aliphatic carbocycles. The first-order chi connectivity index (χ1) is 10.0. The van der Waals surface area contributed by atoms with Crippen molar-refractivity contribution in [2.24, 2.45) is 11.8 Å². The topological polar surface area (TPSA) is 69.6 Å². The van der Waals surface area contributed by atoms with E-state index < -0.39 is 12.0 Å². The number of likely N-dealkylation sites (tertiary alicyclic amines) is 1. The molecule has 0 bridgehead atoms. The number of carboxylic acid groups (broad SMARTS) is 1. The first-order valence-electron chi connectivity index (χ1n) is 8.34. The summed E-state index contributed by atoms with van der Waals surface area (Å²) in [7, 11) is 0. The Bertz CT molecular complexity index is 380. The number of nitrogens with zero attached hydrogens (tertiary/aromatic N) is 1. The first kappa shape index (κ1) is 16.1. The van der Waals surface area contributed by atoms with E-state index in [-0.39, 0.29) is 18.0 Å². The van der Waals surface area contributed by atoms with Gasteiger partial charge in [0.2, 0.25) is 0 Å². The molecule has 0 aromatic heterocycles. The highest BCUT2D eigenvalue weighted by Crippen LogP contribution is 2.29. The standard InChI is InChI=1S/C16H28N2O3/c1-3-13(12-7-5-4-6-8-12)17-16(21)18-10-9-11(2)14(18)15(19)20/h11-14H,3-10H2,1-2H3,(H,17,21)(H,19,20). The zero-order chi connectivity index (χ0) is 15.4. The third-order valence-electron chi connectivity index (χ3n) is 5.18. The van der Waals surface area contributed by atoms with Gasteiger partial charge >= 0.3 is 12.0 Å². The van der Waals surface area contributed by atoms with Crippen LogP contribution in [0.5, 0.6) is 0 Å². The number of nitrogens with one attached hydrogen (secondary N) is 1. The van der Waals surface area contributed by atoms with Gasteiger partial charge in [-0.15, -0.1) is 0 Å². The summed E-state index contributed by atoms with van der Waals surface area (Å²) in [4.78, 5) is 25.3. The lowest BCUT2D eigenvalue weighted by molar-refractivity contribution is -0.142. The monoisotopic (exact) mass is 296 g/mol. The maximum absolute atomic E-state index is 12.5. The molecule has 3 unspecified atom stereocenters. The smallest absolute Gasteiger partial charge is 0.326 e. The number of hydrogen-bond donors (Lipinski definition) is 2. The lowest BCUT2D eigenvalue weighted by atomic mass is 9.83. The Morgan fingerprint density at radius 3 is 2.48 bits per heavy atom. The molecular formula is C16H28N2O3. The van der Waals surface area contributed by atoms with Crippen molar-refractivity contribution in [2.75, 3.05) is 6.54 Å². The van der Waals surface area contributed by atoms with Crippen LogP contribution in [0.4, 0.5) is 4.79 Å². The second-order valence-electron chi connectivity index (χ2n) is 6.60. The molecule has 1 saturated carbocycles. The Labute approximate surface area is 127 Å². The molecule has 0 aromatic rings. The minimum Gasteiger partial charge on any atom is -0.480 e. The summed E-state index contributed by atoms with van der Waals surface area (Å²) < 4.78 is 0. The lowest BCUT2D eigenvalue weighted by Gasteiger charge is -2.32. The molecule has 5 heteroatoms. The number of rotatable bonds is 4. The second kappa shape index (κ2) is 7.14. The van der Waals surface area contributed by atoms with E-state index in [1.807, 2.05) is 6.92 Å². The van der Waals surface area contributed by atoms with Crippen molar-refractivity contribution >= 4 is 12.0 Å². The van der Waals surface area contributed by atoms with Crippen molar-refractivity contribution in [3.8, 4) is 0 Å². The molecule has 1 saturated heterocycles. The van der Waals surface area contributed by atoms with Crippen LogP contribution in [0, 0.1) is 11.8 Å². The number of carbonyl (C=O) groups excluding carboxylic acids is 1. The molecule has 2 rings (SSSR count). The minimum absolute atomic E-state index is 0.0306. The summed E-state index contributed by atoms with van der Waals surface area (Å²) in [5, 5.41) is 12.4. The van der Waals surface area contributed by atoms with E-state index in [9.17, 15) is 14.7 Å². The van der Waals surface area contributed by atoms with Crippen LogP contribution in [0.15, 0.2) is 0 Å². The molecule has 2 amide bonds. The lowest BCUT2D eigenvalue weighted by Crippen LogP contribution is -2.51. The molecule has 2 aliphatic rings. The molecule has 0 aromatic carbocycles. The SMILES string of the molecule is CCC(NC(=O)N1CCC(C)C1C(=O)O)C1CCCCC1. The molecule has 3 atom stereocenters. The molecule has 1 aliphatic heterocycles. The molecule has 0 spiro atoms. The second-order valence-corrected chi connectivity index (χ2v) is 6.60. The molecular weight excluding hydrogens is 268 g/mol. The van der Waals surface area contributed by atoms with Crippen LogP contribution in [-0.4, -0.2) is 40.6 Å². The Hall–Kier alpha value is -1.26. The predicted octanol–water partition coefficient (Wildman–Crippen LogP) is 2.85. The van der Waals surface area contributed by atoms with Crippen molar-refractivity contribution in [3.63, 3.8) is 0 Å². The van der Waals surface area contributed by atoms with E-state index >= 15 is 0 Å². The predicted molar refractivity (Wildman–Crippen MR) is 81.1 cm³/mol. The minimum atomic E-state index is -0.888. The Balaban J connectivity index is 1.97. The summed E-state index contributed by atoms with van der Waals surface area (Å²) in [6.07, 6.45) is 7.83. The number of carbonyl (C=O) groups is 2. The number of aliphatic carboxylic acids is 1. The largest absolute Gasteiger partial charge is 0.480 e. The van der Waals surface area contributed by atoms with Crippen molar-refractivity contribution in [1.29, 1.82) is 0 Å². The van der Waals surface area contributed by atoms with Gasteiger partial charge in [-0.25, -0.2) is 9.59 Å². The average Bonchev–Trinajstić information content (AvgIpc) is 2.87. The fourth-order valence-corrected chi connectivity index (χ4v) is 3.88. The van der Waals surface area contributed by atoms with Crippen molar-refractivity contribution in [3.05, 3.63) is 0 Å². The molecule has 21 heavy (non-hydrogen) atoms. The van der Waals surface area contributed by atoms with Gasteiger partial charge in [-0.05, 0) is 37.5 Å². The van der Waals surface area contributed by atoms with Gasteiger partial charge in [-0.2, -0.15) is 0 Å². The van der Waals surface area contributed by atoms with E-state index in [1.54, 1.807) is 0 Å². The highest BCUT2D eigenvalue weighted by Gasteiger charge is 2.40. The maximum atomic E-state index is 12.5. The Morgan fingerprint density at radius 1 is 1.24 bits per heavy atom. The average molecular weight is 296 g/mol. The summed E-state index contributed by atoms with van der Waals surface area (Å²) in [5.74, 6) is -0.306. The highest BCUT2D eigenvalue weighted by atomic mass is 16.4. The summed E-state index contributed by atoms with van der Waals surface area (Å²) >= 11 is 0. The number of amides is 2. The van der Waals surface area contributed by atoms with Gasteiger partial charge in [0.1, 0.15) is 6.04 Å². The normalized spacial score (nSPS) is 28.4. The number of carboxylic acids is 1. The van der Waals surface area contributed by atoms with E-state index in [1.165, 1.54) is 37.0 Å². The molecule has 0 radical (unpaired) electrons. The third kappa shape index (κ3) is 3.69. The van der Waals surface area contributed by atoms with E-state index in [0.717, 1.165) is 12.8 Å². The maximum Gasteiger partial charge on any atom is 0.326 e. The Kier molecular flexibility index (Phi) is 5.48. The van der Waals surface area contributed by atoms with E-state index in [2.05, 4.69) is 12.2 Å². The van der Waals surface area contributed by atoms with Gasteiger partial charge in [0.05, 0.1) is 0 Å². The van der Waals surface area contributed by atoms with Crippen LogP contribution in [-0.2, 0) is 4.79 Å². The van der Waals surface area contributed by atoms with E-state index in [0.29, 0.717) is 12.5 Å². The van der Waals surface area contributed by atoms with Gasteiger partial charge in [-0.3, -0.25) is 0 Å². The third-order valence-corrected chi connectivity index (χ3v) is 5.18. The van der Waals surface area contributed by atoms with Gasteiger partial charge in [0, 0.05) is 12.6 Å². The van der Waals surface area contributed by atoms with Crippen LogP contribution >= 0.6 is 0 Å². The van der Waals surface area contributed by atoms with Crippen molar-refractivity contribution < 1.29 is 14.7 Å². The first-order valence-corrected chi connectivity index (χ1v) is 8.34. The summed E-state index contributed by atoms with van der Waals surface area (Å²) in [6.45, 7) is 4.55. The van der Waals surface area contributed by atoms with Crippen LogP contribution < -0.4 is 5.32 Å². The van der Waals surface area contributed by atoms with Crippen LogP contribution in [0.25, 0.3) is 0 Å². The number of urea groups is 1. The molecule has 5 nitrogen and oxygen atoms in total.